The maximum atomic E-state index is 10.8. The first kappa shape index (κ1) is 11.6. The lowest BCUT2D eigenvalue weighted by molar-refractivity contribution is -0.384. The summed E-state index contributed by atoms with van der Waals surface area (Å²) in [5, 5.41) is 13.7. The van der Waals surface area contributed by atoms with Gasteiger partial charge in [-0.25, -0.2) is 0 Å². The fourth-order valence-electron chi connectivity index (χ4n) is 1.11. The Morgan fingerprint density at radius 1 is 1.60 bits per heavy atom. The highest BCUT2D eigenvalue weighted by Gasteiger charge is 2.14. The van der Waals surface area contributed by atoms with E-state index >= 15 is 0 Å². The second-order valence-electron chi connectivity index (χ2n) is 2.92. The number of hydrogen-bond donors (Lipinski definition) is 1. The second-order valence-corrected chi connectivity index (χ2v) is 3.48. The zero-order valence-electron chi connectivity index (χ0n) is 7.99. The molecule has 0 saturated carbocycles. The SMILES string of the molecule is CC(=O)Nc1ccc(CBr)cc1[N+](=O)[O-]. The minimum Gasteiger partial charge on any atom is -0.321 e. The van der Waals surface area contributed by atoms with Crippen LogP contribution in [-0.2, 0) is 10.1 Å². The molecule has 1 aromatic carbocycles. The minimum absolute atomic E-state index is 0.0952. The van der Waals surface area contributed by atoms with Crippen molar-refractivity contribution in [1.82, 2.24) is 0 Å². The first-order valence-electron chi connectivity index (χ1n) is 4.15. The van der Waals surface area contributed by atoms with E-state index in [2.05, 4.69) is 21.2 Å². The van der Waals surface area contributed by atoms with Gasteiger partial charge >= 0.3 is 0 Å². The fraction of sp³-hybridized carbons (Fsp3) is 0.222. The number of alkyl halides is 1. The summed E-state index contributed by atoms with van der Waals surface area (Å²) >= 11 is 3.21. The summed E-state index contributed by atoms with van der Waals surface area (Å²) in [5.74, 6) is -0.329. The predicted octanol–water partition coefficient (Wildman–Crippen LogP) is 2.45. The highest BCUT2D eigenvalue weighted by Crippen LogP contribution is 2.26. The monoisotopic (exact) mass is 272 g/mol. The number of amides is 1. The van der Waals surface area contributed by atoms with Crippen molar-refractivity contribution in [1.29, 1.82) is 0 Å². The number of carbonyl (C=O) groups is 1. The number of nitro groups is 1. The quantitative estimate of drug-likeness (QED) is 0.522. The molecule has 0 aromatic heterocycles. The van der Waals surface area contributed by atoms with Crippen LogP contribution >= 0.6 is 15.9 Å². The van der Waals surface area contributed by atoms with Gasteiger partial charge in [0, 0.05) is 18.3 Å². The van der Waals surface area contributed by atoms with Crippen LogP contribution in [0.5, 0.6) is 0 Å². The second kappa shape index (κ2) is 4.88. The maximum absolute atomic E-state index is 10.8. The Labute approximate surface area is 94.8 Å². The van der Waals surface area contributed by atoms with Crippen molar-refractivity contribution < 1.29 is 9.72 Å². The molecular formula is C9H9BrN2O3. The van der Waals surface area contributed by atoms with Gasteiger partial charge in [0.25, 0.3) is 5.69 Å². The lowest BCUT2D eigenvalue weighted by atomic mass is 10.2. The van der Waals surface area contributed by atoms with Gasteiger partial charge in [-0.15, -0.1) is 0 Å². The molecule has 0 unspecified atom stereocenters. The van der Waals surface area contributed by atoms with Gasteiger partial charge in [-0.2, -0.15) is 0 Å². The van der Waals surface area contributed by atoms with Crippen LogP contribution in [0.1, 0.15) is 12.5 Å². The maximum Gasteiger partial charge on any atom is 0.293 e. The molecule has 0 bridgehead atoms. The zero-order valence-corrected chi connectivity index (χ0v) is 9.58. The van der Waals surface area contributed by atoms with E-state index in [0.717, 1.165) is 5.56 Å². The zero-order chi connectivity index (χ0) is 11.4. The Balaban J connectivity index is 3.15. The molecule has 1 amide bonds. The van der Waals surface area contributed by atoms with E-state index in [1.807, 2.05) is 0 Å². The molecule has 0 heterocycles. The van der Waals surface area contributed by atoms with Gasteiger partial charge in [0.15, 0.2) is 0 Å². The van der Waals surface area contributed by atoms with Crippen LogP contribution in [0.3, 0.4) is 0 Å². The molecular weight excluding hydrogens is 264 g/mol. The average Bonchev–Trinajstić information content (AvgIpc) is 2.17. The Morgan fingerprint density at radius 2 is 2.27 bits per heavy atom. The van der Waals surface area contributed by atoms with Crippen molar-refractivity contribution in [2.24, 2.45) is 0 Å². The van der Waals surface area contributed by atoms with E-state index in [1.165, 1.54) is 19.1 Å². The van der Waals surface area contributed by atoms with Gasteiger partial charge in [0.1, 0.15) is 5.69 Å². The van der Waals surface area contributed by atoms with E-state index in [4.69, 9.17) is 0 Å². The van der Waals surface area contributed by atoms with Gasteiger partial charge in [0.2, 0.25) is 5.91 Å². The van der Waals surface area contributed by atoms with E-state index in [1.54, 1.807) is 6.07 Å². The van der Waals surface area contributed by atoms with Gasteiger partial charge in [-0.05, 0) is 11.6 Å². The van der Waals surface area contributed by atoms with Crippen LogP contribution in [0.15, 0.2) is 18.2 Å². The van der Waals surface area contributed by atoms with Crippen LogP contribution in [0, 0.1) is 10.1 Å². The molecule has 80 valence electrons. The minimum atomic E-state index is -0.516. The molecule has 0 spiro atoms. The van der Waals surface area contributed by atoms with Crippen LogP contribution in [0.2, 0.25) is 0 Å². The number of rotatable bonds is 3. The fourth-order valence-corrected chi connectivity index (χ4v) is 1.46. The van der Waals surface area contributed by atoms with Crippen LogP contribution in [0.4, 0.5) is 11.4 Å². The summed E-state index contributed by atoms with van der Waals surface area (Å²) < 4.78 is 0. The highest BCUT2D eigenvalue weighted by molar-refractivity contribution is 9.08. The smallest absolute Gasteiger partial charge is 0.293 e. The van der Waals surface area contributed by atoms with Gasteiger partial charge in [-0.1, -0.05) is 22.0 Å². The number of halogens is 1. The van der Waals surface area contributed by atoms with E-state index in [9.17, 15) is 14.9 Å². The molecule has 1 N–H and O–H groups in total. The van der Waals surface area contributed by atoms with E-state index in [0.29, 0.717) is 5.33 Å². The lowest BCUT2D eigenvalue weighted by Crippen LogP contribution is -2.08. The van der Waals surface area contributed by atoms with Crippen molar-refractivity contribution in [2.45, 2.75) is 12.3 Å². The van der Waals surface area contributed by atoms with Crippen molar-refractivity contribution in [3.8, 4) is 0 Å². The highest BCUT2D eigenvalue weighted by atomic mass is 79.9. The molecule has 6 heteroatoms. The molecule has 1 aromatic rings. The topological polar surface area (TPSA) is 72.2 Å². The van der Waals surface area contributed by atoms with Gasteiger partial charge in [-0.3, -0.25) is 14.9 Å². The van der Waals surface area contributed by atoms with Crippen molar-refractivity contribution in [3.63, 3.8) is 0 Å². The standard InChI is InChI=1S/C9H9BrN2O3/c1-6(13)11-8-3-2-7(5-10)4-9(8)12(14)15/h2-4H,5H2,1H3,(H,11,13). The number of hydrogen-bond acceptors (Lipinski definition) is 3. The normalized spacial score (nSPS) is 9.73. The molecule has 5 nitrogen and oxygen atoms in total. The van der Waals surface area contributed by atoms with Crippen LogP contribution < -0.4 is 5.32 Å². The summed E-state index contributed by atoms with van der Waals surface area (Å²) in [6.07, 6.45) is 0. The third-order valence-electron chi connectivity index (χ3n) is 1.72. The molecule has 0 aliphatic heterocycles. The third kappa shape index (κ3) is 3.02. The number of anilines is 1. The number of carbonyl (C=O) groups excluding carboxylic acids is 1. The summed E-state index contributed by atoms with van der Waals surface area (Å²) in [5.41, 5.74) is 0.912. The Morgan fingerprint density at radius 3 is 2.73 bits per heavy atom. The van der Waals surface area contributed by atoms with Crippen LogP contribution in [-0.4, -0.2) is 10.8 Å². The number of nitrogens with zero attached hydrogens (tertiary/aromatic N) is 1. The van der Waals surface area contributed by atoms with Crippen LogP contribution in [0.25, 0.3) is 0 Å². The Hall–Kier alpha value is -1.43. The van der Waals surface area contributed by atoms with E-state index < -0.39 is 4.92 Å². The van der Waals surface area contributed by atoms with Crippen molar-refractivity contribution >= 4 is 33.2 Å². The number of nitro benzene ring substituents is 1. The Bertz CT molecular complexity index is 406. The molecule has 0 saturated heterocycles. The average molecular weight is 273 g/mol. The first-order valence-corrected chi connectivity index (χ1v) is 5.27. The predicted molar refractivity (Wildman–Crippen MR) is 60.0 cm³/mol. The van der Waals surface area contributed by atoms with Crippen molar-refractivity contribution in [3.05, 3.63) is 33.9 Å². The molecule has 0 aliphatic rings. The van der Waals surface area contributed by atoms with Gasteiger partial charge < -0.3 is 5.32 Å². The summed E-state index contributed by atoms with van der Waals surface area (Å²) in [6.45, 7) is 1.31. The summed E-state index contributed by atoms with van der Waals surface area (Å²) in [7, 11) is 0. The van der Waals surface area contributed by atoms with Crippen molar-refractivity contribution in [2.75, 3.05) is 5.32 Å². The van der Waals surface area contributed by atoms with Gasteiger partial charge in [0.05, 0.1) is 4.92 Å². The largest absolute Gasteiger partial charge is 0.321 e. The first-order chi connectivity index (χ1) is 7.04. The molecule has 0 aliphatic carbocycles. The molecule has 0 atom stereocenters. The van der Waals surface area contributed by atoms with E-state index in [-0.39, 0.29) is 17.3 Å². The molecule has 1 rings (SSSR count). The summed E-state index contributed by atoms with van der Waals surface area (Å²) in [6, 6.07) is 4.67. The Kier molecular flexibility index (Phi) is 3.79. The number of nitrogens with one attached hydrogen (secondary N) is 1. The molecule has 15 heavy (non-hydrogen) atoms. The number of benzene rings is 1. The lowest BCUT2D eigenvalue weighted by Gasteiger charge is -2.04. The third-order valence-corrected chi connectivity index (χ3v) is 2.37. The molecule has 0 radical (unpaired) electrons. The summed E-state index contributed by atoms with van der Waals surface area (Å²) in [4.78, 5) is 21.0. The molecule has 0 fully saturated rings.